The minimum Gasteiger partial charge on any atom is -0.378 e. The average Bonchev–Trinajstić information content (AvgIpc) is 3.03. The molecule has 1 saturated heterocycles. The van der Waals surface area contributed by atoms with Crippen molar-refractivity contribution < 1.29 is 4.74 Å². The zero-order valence-electron chi connectivity index (χ0n) is 15.6. The normalized spacial score (nSPS) is 18.1. The standard InChI is InChI=1S/C18H24ClN5O2S/c1-11(2)16-20-13-3-4-23(9-12(13)17(25)22-16)10-14-15(19)21-18(27-14)24-5-7-26-8-6-24/h11H,3-10H2,1-2H3,(H,20,22,25). The lowest BCUT2D eigenvalue weighted by Crippen LogP contribution is -2.36. The highest BCUT2D eigenvalue weighted by molar-refractivity contribution is 7.16. The summed E-state index contributed by atoms with van der Waals surface area (Å²) in [5.41, 5.74) is 1.70. The van der Waals surface area contributed by atoms with Crippen molar-refractivity contribution in [3.63, 3.8) is 0 Å². The Kier molecular flexibility index (Phi) is 5.50. The second-order valence-corrected chi connectivity index (χ2v) is 8.72. The van der Waals surface area contributed by atoms with E-state index in [2.05, 4.69) is 24.8 Å². The van der Waals surface area contributed by atoms with Crippen LogP contribution < -0.4 is 10.5 Å². The topological polar surface area (TPSA) is 74.4 Å². The van der Waals surface area contributed by atoms with Gasteiger partial charge in [0.15, 0.2) is 5.13 Å². The van der Waals surface area contributed by atoms with E-state index < -0.39 is 0 Å². The van der Waals surface area contributed by atoms with Gasteiger partial charge in [-0.1, -0.05) is 36.8 Å². The van der Waals surface area contributed by atoms with Gasteiger partial charge in [-0.05, 0) is 0 Å². The molecule has 1 N–H and O–H groups in total. The van der Waals surface area contributed by atoms with Crippen LogP contribution in [0.1, 0.15) is 41.7 Å². The Hall–Kier alpha value is -1.48. The molecule has 0 unspecified atom stereocenters. The number of thiazole rings is 1. The Labute approximate surface area is 167 Å². The van der Waals surface area contributed by atoms with Crippen molar-refractivity contribution in [3.05, 3.63) is 37.5 Å². The maximum absolute atomic E-state index is 12.5. The molecule has 0 aliphatic carbocycles. The van der Waals surface area contributed by atoms with Gasteiger partial charge in [0.25, 0.3) is 5.56 Å². The molecule has 0 radical (unpaired) electrons. The first-order valence-electron chi connectivity index (χ1n) is 9.33. The zero-order valence-corrected chi connectivity index (χ0v) is 17.2. The van der Waals surface area contributed by atoms with Crippen LogP contribution in [0.5, 0.6) is 0 Å². The summed E-state index contributed by atoms with van der Waals surface area (Å²) in [6.45, 7) is 9.38. The summed E-state index contributed by atoms with van der Waals surface area (Å²) in [7, 11) is 0. The van der Waals surface area contributed by atoms with Crippen molar-refractivity contribution in [1.82, 2.24) is 19.9 Å². The molecular weight excluding hydrogens is 386 g/mol. The zero-order chi connectivity index (χ0) is 19.0. The third kappa shape index (κ3) is 4.03. The fourth-order valence-corrected chi connectivity index (χ4v) is 4.77. The second kappa shape index (κ2) is 7.87. The Morgan fingerprint density at radius 2 is 2.04 bits per heavy atom. The quantitative estimate of drug-likeness (QED) is 0.835. The molecule has 2 aliphatic rings. The van der Waals surface area contributed by atoms with Gasteiger partial charge in [0.2, 0.25) is 0 Å². The minimum absolute atomic E-state index is 0.0159. The van der Waals surface area contributed by atoms with Crippen LogP contribution in [0.4, 0.5) is 5.13 Å². The number of hydrogen-bond acceptors (Lipinski definition) is 7. The molecule has 0 bridgehead atoms. The maximum Gasteiger partial charge on any atom is 0.255 e. The molecule has 9 heteroatoms. The molecule has 2 aromatic rings. The second-order valence-electron chi connectivity index (χ2n) is 7.30. The largest absolute Gasteiger partial charge is 0.378 e. The van der Waals surface area contributed by atoms with E-state index in [1.165, 1.54) is 0 Å². The average molecular weight is 410 g/mol. The number of aromatic amines is 1. The molecule has 27 heavy (non-hydrogen) atoms. The lowest BCUT2D eigenvalue weighted by molar-refractivity contribution is 0.122. The smallest absolute Gasteiger partial charge is 0.255 e. The number of halogens is 1. The summed E-state index contributed by atoms with van der Waals surface area (Å²) < 4.78 is 5.40. The Balaban J connectivity index is 1.49. The lowest BCUT2D eigenvalue weighted by atomic mass is 10.1. The number of nitrogens with one attached hydrogen (secondary N) is 1. The highest BCUT2D eigenvalue weighted by Crippen LogP contribution is 2.32. The van der Waals surface area contributed by atoms with Gasteiger partial charge >= 0.3 is 0 Å². The molecule has 0 atom stereocenters. The number of rotatable bonds is 4. The summed E-state index contributed by atoms with van der Waals surface area (Å²) >= 11 is 8.04. The van der Waals surface area contributed by atoms with Crippen molar-refractivity contribution in [2.24, 2.45) is 0 Å². The van der Waals surface area contributed by atoms with Gasteiger partial charge in [-0.2, -0.15) is 0 Å². The summed E-state index contributed by atoms with van der Waals surface area (Å²) in [6, 6.07) is 0. The van der Waals surface area contributed by atoms with Crippen LogP contribution in [-0.2, 0) is 24.2 Å². The molecule has 0 spiro atoms. The SMILES string of the molecule is CC(C)c1nc2c(c(=O)[nH]1)CN(Cc1sc(N3CCOCC3)nc1Cl)CC2. The fraction of sp³-hybridized carbons (Fsp3) is 0.611. The van der Waals surface area contributed by atoms with E-state index in [4.69, 9.17) is 16.3 Å². The van der Waals surface area contributed by atoms with Crippen LogP contribution in [0.25, 0.3) is 0 Å². The molecule has 4 heterocycles. The van der Waals surface area contributed by atoms with E-state index in [0.29, 0.717) is 18.2 Å². The van der Waals surface area contributed by atoms with Crippen molar-refractivity contribution in [3.8, 4) is 0 Å². The van der Waals surface area contributed by atoms with Gasteiger partial charge in [-0.15, -0.1) is 0 Å². The third-order valence-electron chi connectivity index (χ3n) is 5.00. The predicted molar refractivity (Wildman–Crippen MR) is 107 cm³/mol. The first-order valence-corrected chi connectivity index (χ1v) is 10.5. The number of ether oxygens (including phenoxy) is 1. The van der Waals surface area contributed by atoms with E-state index in [1.54, 1.807) is 11.3 Å². The number of aromatic nitrogens is 3. The molecule has 0 aromatic carbocycles. The van der Waals surface area contributed by atoms with E-state index in [-0.39, 0.29) is 11.5 Å². The van der Waals surface area contributed by atoms with E-state index in [0.717, 1.165) is 66.4 Å². The number of morpholine rings is 1. The van der Waals surface area contributed by atoms with Crippen molar-refractivity contribution >= 4 is 28.1 Å². The molecular formula is C18H24ClN5O2S. The molecule has 0 saturated carbocycles. The maximum atomic E-state index is 12.5. The lowest BCUT2D eigenvalue weighted by Gasteiger charge is -2.27. The fourth-order valence-electron chi connectivity index (χ4n) is 3.42. The van der Waals surface area contributed by atoms with E-state index in [1.807, 2.05) is 13.8 Å². The van der Waals surface area contributed by atoms with Gasteiger partial charge in [0, 0.05) is 45.1 Å². The van der Waals surface area contributed by atoms with Gasteiger partial charge in [-0.3, -0.25) is 9.69 Å². The number of hydrogen-bond donors (Lipinski definition) is 1. The van der Waals surface area contributed by atoms with Crippen molar-refractivity contribution in [2.45, 2.75) is 39.3 Å². The molecule has 2 aromatic heterocycles. The number of anilines is 1. The molecule has 146 valence electrons. The Morgan fingerprint density at radius 1 is 1.26 bits per heavy atom. The number of fused-ring (bicyclic) bond motifs is 1. The van der Waals surface area contributed by atoms with Gasteiger partial charge in [-0.25, -0.2) is 9.97 Å². The number of nitrogens with zero attached hydrogens (tertiary/aromatic N) is 4. The van der Waals surface area contributed by atoms with Gasteiger partial charge in [0.1, 0.15) is 11.0 Å². The van der Waals surface area contributed by atoms with Gasteiger partial charge < -0.3 is 14.6 Å². The number of H-pyrrole nitrogens is 1. The van der Waals surface area contributed by atoms with Crippen molar-refractivity contribution in [1.29, 1.82) is 0 Å². The van der Waals surface area contributed by atoms with Crippen LogP contribution >= 0.6 is 22.9 Å². The molecule has 2 aliphatic heterocycles. The summed E-state index contributed by atoms with van der Waals surface area (Å²) in [4.78, 5) is 30.1. The van der Waals surface area contributed by atoms with Crippen LogP contribution in [0.15, 0.2) is 4.79 Å². The van der Waals surface area contributed by atoms with Gasteiger partial charge in [0.05, 0.1) is 29.3 Å². The Morgan fingerprint density at radius 3 is 2.78 bits per heavy atom. The first kappa shape index (κ1) is 18.9. The van der Waals surface area contributed by atoms with Crippen LogP contribution in [-0.4, -0.2) is 52.7 Å². The molecule has 4 rings (SSSR count). The molecule has 7 nitrogen and oxygen atoms in total. The van der Waals surface area contributed by atoms with Crippen molar-refractivity contribution in [2.75, 3.05) is 37.7 Å². The van der Waals surface area contributed by atoms with Crippen LogP contribution in [0.3, 0.4) is 0 Å². The van der Waals surface area contributed by atoms with Crippen LogP contribution in [0.2, 0.25) is 5.15 Å². The van der Waals surface area contributed by atoms with E-state index >= 15 is 0 Å². The Bertz CT molecular complexity index is 875. The molecule has 0 amide bonds. The third-order valence-corrected chi connectivity index (χ3v) is 6.53. The minimum atomic E-state index is -0.0159. The summed E-state index contributed by atoms with van der Waals surface area (Å²) in [5, 5.41) is 1.52. The highest BCUT2D eigenvalue weighted by Gasteiger charge is 2.24. The monoisotopic (exact) mass is 409 g/mol. The molecule has 1 fully saturated rings. The first-order chi connectivity index (χ1) is 13.0. The van der Waals surface area contributed by atoms with E-state index in [9.17, 15) is 4.79 Å². The highest BCUT2D eigenvalue weighted by atomic mass is 35.5. The predicted octanol–water partition coefficient (Wildman–Crippen LogP) is 2.40. The summed E-state index contributed by atoms with van der Waals surface area (Å²) in [6.07, 6.45) is 0.783. The van der Waals surface area contributed by atoms with Crippen LogP contribution in [0, 0.1) is 0 Å². The summed E-state index contributed by atoms with van der Waals surface area (Å²) in [5.74, 6) is 0.989.